The zero-order valence-corrected chi connectivity index (χ0v) is 23.0. The number of fused-ring (bicyclic) bond motifs is 1. The molecular weight excluding hydrogens is 478 g/mol. The van der Waals surface area contributed by atoms with Crippen molar-refractivity contribution < 1.29 is 28.5 Å². The minimum atomic E-state index is -0.965. The maximum Gasteiger partial charge on any atom is 0.248 e. The van der Waals surface area contributed by atoms with Crippen molar-refractivity contribution in [2.75, 3.05) is 60.0 Å². The molecule has 4 atom stereocenters. The number of nitriles is 1. The van der Waals surface area contributed by atoms with Crippen LogP contribution in [0, 0.1) is 11.3 Å². The van der Waals surface area contributed by atoms with E-state index in [0.717, 1.165) is 38.8 Å². The van der Waals surface area contributed by atoms with E-state index in [-0.39, 0.29) is 42.7 Å². The van der Waals surface area contributed by atoms with Crippen LogP contribution in [0.25, 0.3) is 0 Å². The summed E-state index contributed by atoms with van der Waals surface area (Å²) in [5.41, 5.74) is -0.164. The molecule has 0 bridgehead atoms. The van der Waals surface area contributed by atoms with E-state index in [9.17, 15) is 14.9 Å². The van der Waals surface area contributed by atoms with Crippen molar-refractivity contribution in [2.45, 2.75) is 88.2 Å². The highest BCUT2D eigenvalue weighted by Gasteiger charge is 2.60. The molecule has 0 aromatic heterocycles. The van der Waals surface area contributed by atoms with Gasteiger partial charge in [-0.05, 0) is 52.9 Å². The number of piperidine rings is 1. The fraction of sp³-hybridized carbons (Fsp3) is 0.885. The maximum atomic E-state index is 12.7. The Labute approximate surface area is 220 Å². The topological polar surface area (TPSA) is 117 Å². The van der Waals surface area contributed by atoms with Gasteiger partial charge in [0.1, 0.15) is 18.8 Å². The van der Waals surface area contributed by atoms with Gasteiger partial charge in [-0.3, -0.25) is 14.5 Å². The molecule has 4 saturated heterocycles. The summed E-state index contributed by atoms with van der Waals surface area (Å²) >= 11 is 0. The van der Waals surface area contributed by atoms with E-state index in [2.05, 4.69) is 23.2 Å². The first-order valence-electron chi connectivity index (χ1n) is 13.5. The van der Waals surface area contributed by atoms with Crippen LogP contribution in [-0.2, 0) is 28.5 Å². The van der Waals surface area contributed by atoms with Gasteiger partial charge in [-0.1, -0.05) is 0 Å². The van der Waals surface area contributed by atoms with Crippen LogP contribution in [0.2, 0.25) is 0 Å². The summed E-state index contributed by atoms with van der Waals surface area (Å²) in [4.78, 5) is 30.3. The molecule has 4 rings (SSSR count). The second kappa shape index (κ2) is 11.1. The Hall–Kier alpha value is -1.81. The predicted octanol–water partition coefficient (Wildman–Crippen LogP) is 0.687. The van der Waals surface area contributed by atoms with Crippen LogP contribution in [0.15, 0.2) is 0 Å². The van der Waals surface area contributed by atoms with Crippen LogP contribution in [0.5, 0.6) is 0 Å². The first-order chi connectivity index (χ1) is 17.5. The Kier molecular flexibility index (Phi) is 8.48. The van der Waals surface area contributed by atoms with Crippen molar-refractivity contribution in [3.63, 3.8) is 0 Å². The first-order valence-corrected chi connectivity index (χ1v) is 13.5. The number of hydrogen-bond donors (Lipinski definition) is 1. The van der Waals surface area contributed by atoms with Crippen LogP contribution in [-0.4, -0.2) is 122 Å². The van der Waals surface area contributed by atoms with Crippen molar-refractivity contribution in [3.8, 4) is 6.07 Å². The third-order valence-corrected chi connectivity index (χ3v) is 8.06. The number of nitrogens with one attached hydrogen (secondary N) is 1. The fourth-order valence-corrected chi connectivity index (χ4v) is 5.79. The Bertz CT molecular complexity index is 883. The Balaban J connectivity index is 1.32. The SMILES string of the molecule is CN(C)C(=O)CO[C@@H]1CCOC2(CN3CCC(C)(NCC(=O)N4CCC[C@H]4C#N)CC3)OC(C)(C)O[C@@H]12. The molecule has 2 amide bonds. The lowest BCUT2D eigenvalue weighted by atomic mass is 9.88. The average molecular weight is 522 g/mol. The summed E-state index contributed by atoms with van der Waals surface area (Å²) in [5.74, 6) is -1.88. The number of hydrogen-bond acceptors (Lipinski definition) is 9. The number of rotatable bonds is 8. The van der Waals surface area contributed by atoms with Gasteiger partial charge in [-0.15, -0.1) is 0 Å². The molecule has 4 aliphatic rings. The van der Waals surface area contributed by atoms with Crippen LogP contribution in [0.4, 0.5) is 0 Å². The molecule has 0 aromatic carbocycles. The highest BCUT2D eigenvalue weighted by molar-refractivity contribution is 5.79. The number of nitrogens with zero attached hydrogens (tertiary/aromatic N) is 4. The quantitative estimate of drug-likeness (QED) is 0.492. The number of likely N-dealkylation sites (tertiary alicyclic amines) is 2. The average Bonchev–Trinajstić information content (AvgIpc) is 3.43. The molecule has 11 nitrogen and oxygen atoms in total. The molecular formula is C26H43N5O6. The van der Waals surface area contributed by atoms with E-state index in [0.29, 0.717) is 26.1 Å². The molecule has 1 unspecified atom stereocenters. The Morgan fingerprint density at radius 3 is 2.57 bits per heavy atom. The van der Waals surface area contributed by atoms with Gasteiger partial charge in [0.15, 0.2) is 5.79 Å². The van der Waals surface area contributed by atoms with Gasteiger partial charge in [0, 0.05) is 39.3 Å². The summed E-state index contributed by atoms with van der Waals surface area (Å²) in [6.45, 7) is 9.45. The minimum absolute atomic E-state index is 0.00238. The molecule has 208 valence electrons. The van der Waals surface area contributed by atoms with Gasteiger partial charge in [0.2, 0.25) is 17.6 Å². The van der Waals surface area contributed by atoms with E-state index >= 15 is 0 Å². The molecule has 0 saturated carbocycles. The zero-order valence-electron chi connectivity index (χ0n) is 23.0. The van der Waals surface area contributed by atoms with Crippen molar-refractivity contribution in [1.82, 2.24) is 20.0 Å². The molecule has 4 heterocycles. The fourth-order valence-electron chi connectivity index (χ4n) is 5.79. The van der Waals surface area contributed by atoms with Crippen LogP contribution in [0.3, 0.4) is 0 Å². The molecule has 0 aromatic rings. The summed E-state index contributed by atoms with van der Waals surface area (Å²) in [6.07, 6.45) is 3.27. The lowest BCUT2D eigenvalue weighted by molar-refractivity contribution is -0.283. The van der Waals surface area contributed by atoms with Gasteiger partial charge >= 0.3 is 0 Å². The first kappa shape index (κ1) is 28.2. The van der Waals surface area contributed by atoms with Gasteiger partial charge in [-0.25, -0.2) is 0 Å². The van der Waals surface area contributed by atoms with Crippen LogP contribution < -0.4 is 5.32 Å². The predicted molar refractivity (Wildman–Crippen MR) is 134 cm³/mol. The molecule has 1 N–H and O–H groups in total. The lowest BCUT2D eigenvalue weighted by Gasteiger charge is -2.46. The molecule has 0 radical (unpaired) electrons. The number of carbonyl (C=O) groups excluding carboxylic acids is 2. The van der Waals surface area contributed by atoms with E-state index in [1.165, 1.54) is 4.90 Å². The molecule has 4 fully saturated rings. The van der Waals surface area contributed by atoms with Crippen molar-refractivity contribution in [3.05, 3.63) is 0 Å². The van der Waals surface area contributed by atoms with Gasteiger partial charge in [-0.2, -0.15) is 5.26 Å². The van der Waals surface area contributed by atoms with Crippen LogP contribution in [0.1, 0.15) is 52.9 Å². The Morgan fingerprint density at radius 2 is 1.89 bits per heavy atom. The summed E-state index contributed by atoms with van der Waals surface area (Å²) in [7, 11) is 3.42. The number of likely N-dealkylation sites (N-methyl/N-ethyl adjacent to an activating group) is 1. The lowest BCUT2D eigenvalue weighted by Crippen LogP contribution is -2.62. The van der Waals surface area contributed by atoms with Crippen LogP contribution >= 0.6 is 0 Å². The second-order valence-corrected chi connectivity index (χ2v) is 11.7. The van der Waals surface area contributed by atoms with Crippen molar-refractivity contribution in [1.29, 1.82) is 5.26 Å². The number of amides is 2. The second-order valence-electron chi connectivity index (χ2n) is 11.7. The highest BCUT2D eigenvalue weighted by atomic mass is 16.8. The van der Waals surface area contributed by atoms with E-state index in [1.807, 2.05) is 13.8 Å². The summed E-state index contributed by atoms with van der Waals surface area (Å²) in [5, 5.41) is 12.8. The third kappa shape index (κ3) is 6.44. The van der Waals surface area contributed by atoms with Gasteiger partial charge in [0.25, 0.3) is 0 Å². The summed E-state index contributed by atoms with van der Waals surface area (Å²) in [6, 6.07) is 1.95. The molecule has 0 aliphatic carbocycles. The number of carbonyl (C=O) groups is 2. The van der Waals surface area contributed by atoms with Crippen molar-refractivity contribution >= 4 is 11.8 Å². The minimum Gasteiger partial charge on any atom is -0.365 e. The Morgan fingerprint density at radius 1 is 1.16 bits per heavy atom. The van der Waals surface area contributed by atoms with E-state index < -0.39 is 17.7 Å². The van der Waals surface area contributed by atoms with E-state index in [1.54, 1.807) is 19.0 Å². The zero-order chi connectivity index (χ0) is 26.8. The monoisotopic (exact) mass is 521 g/mol. The van der Waals surface area contributed by atoms with Gasteiger partial charge in [0.05, 0.1) is 31.9 Å². The number of ether oxygens (including phenoxy) is 4. The molecule has 37 heavy (non-hydrogen) atoms. The third-order valence-electron chi connectivity index (χ3n) is 8.06. The standard InChI is InChI=1S/C26H43N5O6/c1-24(2)36-23-20(34-17-22(33)29(4)5)8-14-35-26(23,37-24)18-30-12-9-25(3,10-13-30)28-16-21(32)31-11-6-7-19(31)15-27/h19-20,23,28H,6-14,16-18H2,1-5H3/t19-,20+,23-,26?/m0/s1. The van der Waals surface area contributed by atoms with Crippen molar-refractivity contribution in [2.24, 2.45) is 0 Å². The smallest absolute Gasteiger partial charge is 0.248 e. The summed E-state index contributed by atoms with van der Waals surface area (Å²) < 4.78 is 24.9. The molecule has 4 aliphatic heterocycles. The normalized spacial score (nSPS) is 33.1. The molecule has 11 heteroatoms. The largest absolute Gasteiger partial charge is 0.365 e. The molecule has 0 spiro atoms. The maximum absolute atomic E-state index is 12.7. The van der Waals surface area contributed by atoms with Gasteiger partial charge < -0.3 is 34.1 Å². The highest BCUT2D eigenvalue weighted by Crippen LogP contribution is 2.44. The van der Waals surface area contributed by atoms with E-state index in [4.69, 9.17) is 18.9 Å².